The summed E-state index contributed by atoms with van der Waals surface area (Å²) < 4.78 is 4.96. The van der Waals surface area contributed by atoms with Gasteiger partial charge in [-0.2, -0.15) is 0 Å². The van der Waals surface area contributed by atoms with E-state index in [-0.39, 0.29) is 11.8 Å². The lowest BCUT2D eigenvalue weighted by Gasteiger charge is -2.21. The van der Waals surface area contributed by atoms with Gasteiger partial charge in [0.15, 0.2) is 0 Å². The average Bonchev–Trinajstić information content (AvgIpc) is 2.47. The third-order valence-corrected chi connectivity index (χ3v) is 3.29. The van der Waals surface area contributed by atoms with E-state index >= 15 is 0 Å². The second-order valence-corrected chi connectivity index (χ2v) is 5.09. The van der Waals surface area contributed by atoms with Gasteiger partial charge in [0, 0.05) is 39.7 Å². The second kappa shape index (κ2) is 9.50. The zero-order chi connectivity index (χ0) is 14.8. The van der Waals surface area contributed by atoms with Crippen LogP contribution in [-0.4, -0.2) is 51.2 Å². The van der Waals surface area contributed by atoms with Gasteiger partial charge in [-0.15, -0.1) is 0 Å². The SMILES string of the molecule is COCCNCCN(C)C(=O)[C@H](C)Cc1ccccc1. The monoisotopic (exact) mass is 278 g/mol. The zero-order valence-electron chi connectivity index (χ0n) is 12.8. The Kier molecular flexibility index (Phi) is 7.92. The van der Waals surface area contributed by atoms with Crippen LogP contribution in [0.5, 0.6) is 0 Å². The van der Waals surface area contributed by atoms with Crippen molar-refractivity contribution in [3.63, 3.8) is 0 Å². The molecule has 0 saturated carbocycles. The Morgan fingerprint density at radius 1 is 1.30 bits per heavy atom. The fourth-order valence-corrected chi connectivity index (χ4v) is 2.09. The number of hydrogen-bond acceptors (Lipinski definition) is 3. The lowest BCUT2D eigenvalue weighted by molar-refractivity contribution is -0.133. The molecule has 0 aliphatic rings. The average molecular weight is 278 g/mol. The molecule has 0 saturated heterocycles. The molecule has 4 heteroatoms. The standard InChI is InChI=1S/C16H26N2O2/c1-14(13-15-7-5-4-6-8-15)16(19)18(2)11-9-17-10-12-20-3/h4-8,14,17H,9-13H2,1-3H3/t14-/m1/s1. The van der Waals surface area contributed by atoms with E-state index in [1.165, 1.54) is 5.56 Å². The van der Waals surface area contributed by atoms with Crippen LogP contribution in [0.3, 0.4) is 0 Å². The molecule has 1 amide bonds. The first-order valence-electron chi connectivity index (χ1n) is 7.13. The number of carbonyl (C=O) groups is 1. The van der Waals surface area contributed by atoms with Crippen LogP contribution in [0.15, 0.2) is 30.3 Å². The molecule has 0 aliphatic heterocycles. The van der Waals surface area contributed by atoms with Crippen molar-refractivity contribution in [1.82, 2.24) is 10.2 Å². The molecule has 0 spiro atoms. The summed E-state index contributed by atoms with van der Waals surface area (Å²) in [6, 6.07) is 10.1. The topological polar surface area (TPSA) is 41.6 Å². The summed E-state index contributed by atoms with van der Waals surface area (Å²) in [5, 5.41) is 3.24. The highest BCUT2D eigenvalue weighted by Gasteiger charge is 2.17. The van der Waals surface area contributed by atoms with E-state index in [2.05, 4.69) is 17.4 Å². The number of likely N-dealkylation sites (N-methyl/N-ethyl adjacent to an activating group) is 1. The molecule has 1 atom stereocenters. The molecule has 0 aromatic heterocycles. The number of ether oxygens (including phenoxy) is 1. The van der Waals surface area contributed by atoms with E-state index in [0.717, 1.165) is 26.1 Å². The minimum atomic E-state index is 0.0152. The van der Waals surface area contributed by atoms with Gasteiger partial charge in [0.05, 0.1) is 6.61 Å². The lowest BCUT2D eigenvalue weighted by Crippen LogP contribution is -2.38. The minimum Gasteiger partial charge on any atom is -0.383 e. The number of hydrogen-bond donors (Lipinski definition) is 1. The summed E-state index contributed by atoms with van der Waals surface area (Å²) in [4.78, 5) is 14.0. The van der Waals surface area contributed by atoms with E-state index in [9.17, 15) is 4.79 Å². The third kappa shape index (κ3) is 6.17. The second-order valence-electron chi connectivity index (χ2n) is 5.09. The minimum absolute atomic E-state index is 0.0152. The van der Waals surface area contributed by atoms with Gasteiger partial charge in [-0.1, -0.05) is 37.3 Å². The van der Waals surface area contributed by atoms with Crippen LogP contribution in [0.4, 0.5) is 0 Å². The summed E-state index contributed by atoms with van der Waals surface area (Å²) >= 11 is 0. The van der Waals surface area contributed by atoms with Crippen LogP contribution >= 0.6 is 0 Å². The molecular weight excluding hydrogens is 252 g/mol. The molecule has 1 rings (SSSR count). The highest BCUT2D eigenvalue weighted by Crippen LogP contribution is 2.10. The maximum atomic E-state index is 12.2. The highest BCUT2D eigenvalue weighted by molar-refractivity contribution is 5.78. The summed E-state index contributed by atoms with van der Waals surface area (Å²) in [7, 11) is 3.55. The van der Waals surface area contributed by atoms with E-state index < -0.39 is 0 Å². The first-order valence-corrected chi connectivity index (χ1v) is 7.13. The number of rotatable bonds is 9. The summed E-state index contributed by atoms with van der Waals surface area (Å²) in [5.41, 5.74) is 1.21. The van der Waals surface area contributed by atoms with Crippen LogP contribution in [0.25, 0.3) is 0 Å². The zero-order valence-corrected chi connectivity index (χ0v) is 12.8. The molecule has 112 valence electrons. The van der Waals surface area contributed by atoms with Crippen molar-refractivity contribution in [3.05, 3.63) is 35.9 Å². The van der Waals surface area contributed by atoms with Crippen LogP contribution in [-0.2, 0) is 16.0 Å². The van der Waals surface area contributed by atoms with Gasteiger partial charge in [-0.3, -0.25) is 4.79 Å². The molecule has 1 aromatic carbocycles. The van der Waals surface area contributed by atoms with Gasteiger partial charge in [-0.05, 0) is 12.0 Å². The largest absolute Gasteiger partial charge is 0.383 e. The van der Waals surface area contributed by atoms with Gasteiger partial charge in [0.2, 0.25) is 5.91 Å². The first kappa shape index (κ1) is 16.7. The molecule has 0 radical (unpaired) electrons. The quantitative estimate of drug-likeness (QED) is 0.697. The number of methoxy groups -OCH3 is 1. The molecule has 1 aromatic rings. The Morgan fingerprint density at radius 2 is 2.00 bits per heavy atom. The molecule has 20 heavy (non-hydrogen) atoms. The van der Waals surface area contributed by atoms with Crippen molar-refractivity contribution in [2.24, 2.45) is 5.92 Å². The number of benzene rings is 1. The highest BCUT2D eigenvalue weighted by atomic mass is 16.5. The van der Waals surface area contributed by atoms with Crippen molar-refractivity contribution < 1.29 is 9.53 Å². The van der Waals surface area contributed by atoms with E-state index in [1.807, 2.05) is 32.2 Å². The van der Waals surface area contributed by atoms with E-state index in [0.29, 0.717) is 6.61 Å². The van der Waals surface area contributed by atoms with Crippen LogP contribution in [0.1, 0.15) is 12.5 Å². The van der Waals surface area contributed by atoms with Crippen LogP contribution in [0.2, 0.25) is 0 Å². The van der Waals surface area contributed by atoms with Crippen LogP contribution < -0.4 is 5.32 Å². The predicted molar refractivity (Wildman–Crippen MR) is 81.7 cm³/mol. The lowest BCUT2D eigenvalue weighted by atomic mass is 10.00. The number of nitrogens with zero attached hydrogens (tertiary/aromatic N) is 1. The maximum absolute atomic E-state index is 12.2. The summed E-state index contributed by atoms with van der Waals surface area (Å²) in [6.45, 7) is 5.02. The third-order valence-electron chi connectivity index (χ3n) is 3.29. The van der Waals surface area contributed by atoms with E-state index in [4.69, 9.17) is 4.74 Å². The number of carbonyl (C=O) groups excluding carboxylic acids is 1. The van der Waals surface area contributed by atoms with E-state index in [1.54, 1.807) is 12.0 Å². The van der Waals surface area contributed by atoms with Gasteiger partial charge in [0.1, 0.15) is 0 Å². The predicted octanol–water partition coefficient (Wildman–Crippen LogP) is 1.56. The Balaban J connectivity index is 2.29. The Labute approximate surface area is 122 Å². The van der Waals surface area contributed by atoms with Gasteiger partial charge >= 0.3 is 0 Å². The fourth-order valence-electron chi connectivity index (χ4n) is 2.09. The summed E-state index contributed by atoms with van der Waals surface area (Å²) in [5.74, 6) is 0.212. The smallest absolute Gasteiger partial charge is 0.225 e. The Hall–Kier alpha value is -1.39. The normalized spacial score (nSPS) is 12.2. The van der Waals surface area contributed by atoms with Gasteiger partial charge in [-0.25, -0.2) is 0 Å². The fraction of sp³-hybridized carbons (Fsp3) is 0.562. The van der Waals surface area contributed by atoms with Crippen molar-refractivity contribution in [3.8, 4) is 0 Å². The summed E-state index contributed by atoms with van der Waals surface area (Å²) in [6.07, 6.45) is 0.793. The van der Waals surface area contributed by atoms with Crippen molar-refractivity contribution in [2.45, 2.75) is 13.3 Å². The molecule has 0 heterocycles. The van der Waals surface area contributed by atoms with Crippen molar-refractivity contribution >= 4 is 5.91 Å². The molecule has 0 bridgehead atoms. The van der Waals surface area contributed by atoms with Crippen molar-refractivity contribution in [2.75, 3.05) is 40.4 Å². The molecular formula is C16H26N2O2. The Bertz CT molecular complexity index is 381. The number of nitrogens with one attached hydrogen (secondary N) is 1. The first-order chi connectivity index (χ1) is 9.65. The molecule has 0 unspecified atom stereocenters. The van der Waals surface area contributed by atoms with Gasteiger partial charge in [0.25, 0.3) is 0 Å². The molecule has 0 fully saturated rings. The Morgan fingerprint density at radius 3 is 2.65 bits per heavy atom. The van der Waals surface area contributed by atoms with Crippen LogP contribution in [0, 0.1) is 5.92 Å². The molecule has 0 aliphatic carbocycles. The van der Waals surface area contributed by atoms with Crippen molar-refractivity contribution in [1.29, 1.82) is 0 Å². The number of amides is 1. The van der Waals surface area contributed by atoms with Gasteiger partial charge < -0.3 is 15.0 Å². The molecule has 4 nitrogen and oxygen atoms in total. The molecule has 1 N–H and O–H groups in total. The maximum Gasteiger partial charge on any atom is 0.225 e.